The summed E-state index contributed by atoms with van der Waals surface area (Å²) in [7, 11) is 0. The van der Waals surface area contributed by atoms with Crippen molar-refractivity contribution >= 4 is 17.3 Å². The smallest absolute Gasteiger partial charge is 0.157 e. The molecule has 1 aliphatic rings. The number of aliphatic hydroxyl groups excluding tert-OH is 1. The van der Waals surface area contributed by atoms with E-state index in [9.17, 15) is 5.11 Å². The van der Waals surface area contributed by atoms with Gasteiger partial charge < -0.3 is 19.6 Å². The molecule has 2 N–H and O–H groups in total. The lowest BCUT2D eigenvalue weighted by Crippen LogP contribution is -2.26. The van der Waals surface area contributed by atoms with Crippen LogP contribution in [0.15, 0.2) is 43.2 Å². The van der Waals surface area contributed by atoms with Gasteiger partial charge in [-0.15, -0.1) is 0 Å². The number of aryl methyl sites for hydroxylation is 2. The minimum Gasteiger partial charge on any atom is -0.488 e. The van der Waals surface area contributed by atoms with Crippen LogP contribution >= 0.6 is 0 Å². The van der Waals surface area contributed by atoms with Gasteiger partial charge in [-0.2, -0.15) is 0 Å². The van der Waals surface area contributed by atoms with Gasteiger partial charge in [0.15, 0.2) is 11.5 Å². The molecule has 0 atom stereocenters. The van der Waals surface area contributed by atoms with Crippen LogP contribution in [0.25, 0.3) is 16.9 Å². The van der Waals surface area contributed by atoms with Crippen molar-refractivity contribution in [2.24, 2.45) is 0 Å². The van der Waals surface area contributed by atoms with Gasteiger partial charge in [-0.1, -0.05) is 0 Å². The van der Waals surface area contributed by atoms with E-state index in [2.05, 4.69) is 30.2 Å². The first-order chi connectivity index (χ1) is 15.5. The molecule has 0 spiro atoms. The van der Waals surface area contributed by atoms with Crippen LogP contribution in [0.4, 0.5) is 11.6 Å². The molecule has 0 bridgehead atoms. The number of nitrogens with zero attached hydrogens (tertiary/aromatic N) is 6. The zero-order chi connectivity index (χ0) is 22.1. The summed E-state index contributed by atoms with van der Waals surface area (Å²) in [5.74, 6) is 2.00. The molecular formula is C23H25N7O2. The minimum atomic E-state index is -0.218. The number of hydrogen-bond acceptors (Lipinski definition) is 8. The highest BCUT2D eigenvalue weighted by Gasteiger charge is 2.22. The Morgan fingerprint density at radius 2 is 1.78 bits per heavy atom. The summed E-state index contributed by atoms with van der Waals surface area (Å²) in [4.78, 5) is 22.2. The van der Waals surface area contributed by atoms with Gasteiger partial charge in [0.1, 0.15) is 11.6 Å². The number of ether oxygens (including phenoxy) is 1. The largest absolute Gasteiger partial charge is 0.488 e. The molecule has 1 fully saturated rings. The summed E-state index contributed by atoms with van der Waals surface area (Å²) in [6.07, 6.45) is 13.7. The molecule has 0 unspecified atom stereocenters. The van der Waals surface area contributed by atoms with Crippen molar-refractivity contribution in [2.45, 2.75) is 51.7 Å². The molecule has 32 heavy (non-hydrogen) atoms. The fourth-order valence-electron chi connectivity index (χ4n) is 3.94. The highest BCUT2D eigenvalue weighted by atomic mass is 16.5. The third-order valence-electron chi connectivity index (χ3n) is 5.57. The molecule has 5 rings (SSSR count). The van der Waals surface area contributed by atoms with E-state index >= 15 is 0 Å². The molecule has 1 aliphatic carbocycles. The van der Waals surface area contributed by atoms with E-state index in [1.807, 2.05) is 36.7 Å². The van der Waals surface area contributed by atoms with Crippen molar-refractivity contribution in [2.75, 3.05) is 5.32 Å². The number of imidazole rings is 1. The van der Waals surface area contributed by atoms with E-state index in [-0.39, 0.29) is 12.2 Å². The number of nitrogens with one attached hydrogen (secondary N) is 1. The maximum atomic E-state index is 9.77. The molecule has 0 aromatic carbocycles. The molecule has 9 nitrogen and oxygen atoms in total. The predicted molar refractivity (Wildman–Crippen MR) is 120 cm³/mol. The summed E-state index contributed by atoms with van der Waals surface area (Å²) in [6, 6.07) is 1.99. The second kappa shape index (κ2) is 8.51. The summed E-state index contributed by atoms with van der Waals surface area (Å²) in [5, 5.41) is 13.0. The lowest BCUT2D eigenvalue weighted by Gasteiger charge is -2.27. The van der Waals surface area contributed by atoms with E-state index in [1.165, 1.54) is 0 Å². The second-order valence-electron chi connectivity index (χ2n) is 8.21. The topological polar surface area (TPSA) is 110 Å². The van der Waals surface area contributed by atoms with Crippen molar-refractivity contribution < 1.29 is 9.84 Å². The van der Waals surface area contributed by atoms with Crippen LogP contribution in [0, 0.1) is 13.8 Å². The van der Waals surface area contributed by atoms with E-state index < -0.39 is 0 Å². The van der Waals surface area contributed by atoms with Crippen LogP contribution in [0.1, 0.15) is 37.1 Å². The number of hydrogen-bond donors (Lipinski definition) is 2. The van der Waals surface area contributed by atoms with Crippen molar-refractivity contribution in [3.8, 4) is 17.0 Å². The van der Waals surface area contributed by atoms with Gasteiger partial charge in [-0.05, 0) is 45.6 Å². The molecule has 164 valence electrons. The Hall–Kier alpha value is -3.59. The van der Waals surface area contributed by atoms with Gasteiger partial charge in [0.05, 0.1) is 48.4 Å². The van der Waals surface area contributed by atoms with Crippen molar-refractivity contribution in [3.05, 3.63) is 54.6 Å². The third kappa shape index (κ3) is 4.38. The molecule has 4 heterocycles. The van der Waals surface area contributed by atoms with Crippen LogP contribution < -0.4 is 10.1 Å². The van der Waals surface area contributed by atoms with Gasteiger partial charge in [0.25, 0.3) is 0 Å². The van der Waals surface area contributed by atoms with E-state index in [0.717, 1.165) is 48.3 Å². The average molecular weight is 432 g/mol. The van der Waals surface area contributed by atoms with E-state index in [0.29, 0.717) is 23.0 Å². The Morgan fingerprint density at radius 1 is 0.938 bits per heavy atom. The highest BCUT2D eigenvalue weighted by molar-refractivity contribution is 5.68. The first-order valence-electron chi connectivity index (χ1n) is 10.8. The third-order valence-corrected chi connectivity index (χ3v) is 5.57. The monoisotopic (exact) mass is 431 g/mol. The summed E-state index contributed by atoms with van der Waals surface area (Å²) < 4.78 is 8.21. The van der Waals surface area contributed by atoms with E-state index in [4.69, 9.17) is 4.74 Å². The van der Waals surface area contributed by atoms with Crippen molar-refractivity contribution in [1.82, 2.24) is 29.3 Å². The molecular weight excluding hydrogens is 406 g/mol. The highest BCUT2D eigenvalue weighted by Crippen LogP contribution is 2.32. The molecule has 0 aliphatic heterocycles. The van der Waals surface area contributed by atoms with Gasteiger partial charge in [-0.25, -0.2) is 9.97 Å². The molecule has 1 saturated carbocycles. The van der Waals surface area contributed by atoms with Gasteiger partial charge in [-0.3, -0.25) is 15.0 Å². The zero-order valence-electron chi connectivity index (χ0n) is 18.1. The fraction of sp³-hybridized carbons (Fsp3) is 0.348. The van der Waals surface area contributed by atoms with Crippen LogP contribution in [-0.2, 0) is 0 Å². The molecule has 0 saturated heterocycles. The number of anilines is 2. The van der Waals surface area contributed by atoms with Crippen LogP contribution in [0.5, 0.6) is 5.75 Å². The number of rotatable bonds is 5. The Balaban J connectivity index is 1.43. The van der Waals surface area contributed by atoms with Crippen LogP contribution in [0.3, 0.4) is 0 Å². The average Bonchev–Trinajstić information content (AvgIpc) is 3.18. The van der Waals surface area contributed by atoms with Gasteiger partial charge in [0, 0.05) is 23.7 Å². The molecule has 9 heteroatoms. The molecule has 0 amide bonds. The van der Waals surface area contributed by atoms with Gasteiger partial charge in [0.2, 0.25) is 0 Å². The maximum absolute atomic E-state index is 9.77. The van der Waals surface area contributed by atoms with Crippen molar-refractivity contribution in [1.29, 1.82) is 0 Å². The molecule has 4 aromatic rings. The van der Waals surface area contributed by atoms with Crippen LogP contribution in [0.2, 0.25) is 0 Å². The quantitative estimate of drug-likeness (QED) is 0.493. The number of fused-ring (bicyclic) bond motifs is 1. The summed E-state index contributed by atoms with van der Waals surface area (Å²) in [5.41, 5.74) is 4.09. The lowest BCUT2D eigenvalue weighted by molar-refractivity contribution is 0.0667. The Morgan fingerprint density at radius 3 is 2.59 bits per heavy atom. The first kappa shape index (κ1) is 20.3. The van der Waals surface area contributed by atoms with Crippen molar-refractivity contribution in [3.63, 3.8) is 0 Å². The Bertz CT molecular complexity index is 1250. The number of pyridine rings is 1. The number of aromatic nitrogens is 6. The lowest BCUT2D eigenvalue weighted by atomic mass is 9.95. The second-order valence-corrected chi connectivity index (χ2v) is 8.21. The standard InChI is InChI=1S/C23H25N7O2/c1-14-7-18(20(9-25-14)32-17-5-3-16(31)4-6-17)19-12-30-13-22(29-23(30)11-26-19)28-21-10-24-8-15(2)27-21/h7-13,16-17,31H,3-6H2,1-2H3,(H,27,28). The SMILES string of the molecule is Cc1cc(-c2cn3cc(Nc4cncc(C)n4)nc3cn2)c(OC2CCC(O)CC2)cn1. The van der Waals surface area contributed by atoms with E-state index in [1.54, 1.807) is 24.8 Å². The Labute approximate surface area is 185 Å². The zero-order valence-corrected chi connectivity index (χ0v) is 18.1. The fourth-order valence-corrected chi connectivity index (χ4v) is 3.94. The Kier molecular flexibility index (Phi) is 5.40. The van der Waals surface area contributed by atoms with Crippen LogP contribution in [-0.4, -0.2) is 46.6 Å². The number of aliphatic hydroxyl groups is 1. The maximum Gasteiger partial charge on any atom is 0.157 e. The van der Waals surface area contributed by atoms with Gasteiger partial charge >= 0.3 is 0 Å². The summed E-state index contributed by atoms with van der Waals surface area (Å²) in [6.45, 7) is 3.84. The normalized spacial score (nSPS) is 18.6. The predicted octanol–water partition coefficient (Wildman–Crippen LogP) is 3.62. The minimum absolute atomic E-state index is 0.0740. The molecule has 4 aromatic heterocycles. The summed E-state index contributed by atoms with van der Waals surface area (Å²) >= 11 is 0. The first-order valence-corrected chi connectivity index (χ1v) is 10.8. The molecule has 0 radical (unpaired) electrons.